The Balaban J connectivity index is 1.45. The maximum absolute atomic E-state index is 12.9. The van der Waals surface area contributed by atoms with Gasteiger partial charge in [0, 0.05) is 37.4 Å². The van der Waals surface area contributed by atoms with Crippen LogP contribution < -0.4 is 4.87 Å². The summed E-state index contributed by atoms with van der Waals surface area (Å²) in [5, 5.41) is 7.00. The van der Waals surface area contributed by atoms with E-state index in [1.807, 2.05) is 31.2 Å². The van der Waals surface area contributed by atoms with Crippen molar-refractivity contribution in [3.05, 3.63) is 50.0 Å². The van der Waals surface area contributed by atoms with Crippen LogP contribution in [0.25, 0.3) is 11.4 Å². The first-order chi connectivity index (χ1) is 15.2. The predicted octanol–water partition coefficient (Wildman–Crippen LogP) is 1.51. The van der Waals surface area contributed by atoms with Gasteiger partial charge in [-0.25, -0.2) is 8.42 Å². The monoisotopic (exact) mass is 494 g/mol. The first-order valence-electron chi connectivity index (χ1n) is 9.86. The SMILES string of the molecule is Cc1ccc(-c2n[nH]c(=S)n2CC(=O)N2CCN(S(=O)(=O)c3sc(=O)[nH]c3C)CC2)cc1. The number of thiazole rings is 1. The third kappa shape index (κ3) is 4.33. The van der Waals surface area contributed by atoms with Gasteiger partial charge >= 0.3 is 4.87 Å². The summed E-state index contributed by atoms with van der Waals surface area (Å²) < 4.78 is 29.1. The topological polar surface area (TPSA) is 124 Å². The number of nitrogens with one attached hydrogen (secondary N) is 2. The van der Waals surface area contributed by atoms with Crippen LogP contribution >= 0.6 is 23.6 Å². The average molecular weight is 495 g/mol. The van der Waals surface area contributed by atoms with E-state index in [2.05, 4.69) is 15.2 Å². The van der Waals surface area contributed by atoms with Crippen molar-refractivity contribution in [3.63, 3.8) is 0 Å². The highest BCUT2D eigenvalue weighted by atomic mass is 32.2. The van der Waals surface area contributed by atoms with Crippen LogP contribution in [-0.4, -0.2) is 69.5 Å². The number of aryl methyl sites for hydroxylation is 2. The van der Waals surface area contributed by atoms with Crippen molar-refractivity contribution in [2.45, 2.75) is 24.6 Å². The second-order valence-corrected chi connectivity index (χ2v) is 11.0. The number of aromatic amines is 2. The number of piperazine rings is 1. The van der Waals surface area contributed by atoms with Crippen molar-refractivity contribution in [2.24, 2.45) is 0 Å². The molecular weight excluding hydrogens is 472 g/mol. The Labute approximate surface area is 193 Å². The Morgan fingerprint density at radius 2 is 1.81 bits per heavy atom. The van der Waals surface area contributed by atoms with Gasteiger partial charge in [-0.3, -0.25) is 19.3 Å². The lowest BCUT2D eigenvalue weighted by atomic mass is 10.1. The molecule has 1 amide bonds. The van der Waals surface area contributed by atoms with E-state index in [-0.39, 0.29) is 42.8 Å². The van der Waals surface area contributed by atoms with E-state index < -0.39 is 14.9 Å². The maximum Gasteiger partial charge on any atom is 0.305 e. The maximum atomic E-state index is 12.9. The number of benzene rings is 1. The Hall–Kier alpha value is -2.61. The van der Waals surface area contributed by atoms with E-state index in [0.717, 1.165) is 11.1 Å². The molecule has 3 heterocycles. The van der Waals surface area contributed by atoms with Crippen LogP contribution in [-0.2, 0) is 21.4 Å². The predicted molar refractivity (Wildman–Crippen MR) is 123 cm³/mol. The number of amides is 1. The zero-order valence-electron chi connectivity index (χ0n) is 17.5. The van der Waals surface area contributed by atoms with Gasteiger partial charge in [0.05, 0.1) is 0 Å². The molecule has 10 nitrogen and oxygen atoms in total. The smallest absolute Gasteiger partial charge is 0.305 e. The Morgan fingerprint density at radius 3 is 2.41 bits per heavy atom. The lowest BCUT2D eigenvalue weighted by Crippen LogP contribution is -2.51. The summed E-state index contributed by atoms with van der Waals surface area (Å²) in [4.78, 5) is 28.2. The minimum absolute atomic E-state index is 0.00380. The highest BCUT2D eigenvalue weighted by molar-refractivity contribution is 7.91. The van der Waals surface area contributed by atoms with Crippen molar-refractivity contribution in [1.29, 1.82) is 0 Å². The summed E-state index contributed by atoms with van der Waals surface area (Å²) in [5.41, 5.74) is 2.28. The number of carbonyl (C=O) groups is 1. The molecule has 1 aliphatic heterocycles. The lowest BCUT2D eigenvalue weighted by Gasteiger charge is -2.33. The van der Waals surface area contributed by atoms with Crippen LogP contribution in [0.1, 0.15) is 11.3 Å². The molecule has 3 aromatic rings. The van der Waals surface area contributed by atoms with Gasteiger partial charge in [0.15, 0.2) is 14.8 Å². The minimum atomic E-state index is -3.78. The number of aromatic nitrogens is 4. The lowest BCUT2D eigenvalue weighted by molar-refractivity contribution is -0.133. The van der Waals surface area contributed by atoms with Crippen molar-refractivity contribution >= 4 is 39.5 Å². The molecule has 4 rings (SSSR count). The molecule has 0 spiro atoms. The fraction of sp³-hybridized carbons (Fsp3) is 0.368. The van der Waals surface area contributed by atoms with E-state index in [1.54, 1.807) is 16.4 Å². The van der Waals surface area contributed by atoms with Gasteiger partial charge in [-0.05, 0) is 26.1 Å². The number of carbonyl (C=O) groups excluding carboxylic acids is 1. The van der Waals surface area contributed by atoms with Crippen LogP contribution in [0.4, 0.5) is 0 Å². The number of nitrogens with zero attached hydrogens (tertiary/aromatic N) is 4. The second kappa shape index (κ2) is 8.73. The van der Waals surface area contributed by atoms with Gasteiger partial charge < -0.3 is 9.88 Å². The van der Waals surface area contributed by atoms with Crippen LogP contribution in [0.3, 0.4) is 0 Å². The third-order valence-electron chi connectivity index (χ3n) is 5.31. The van der Waals surface area contributed by atoms with Gasteiger partial charge in [0.25, 0.3) is 10.0 Å². The summed E-state index contributed by atoms with van der Waals surface area (Å²) in [6, 6.07) is 7.76. The van der Waals surface area contributed by atoms with Crippen LogP contribution in [0, 0.1) is 18.6 Å². The Bertz CT molecular complexity index is 1360. The Kier molecular flexibility index (Phi) is 6.16. The van der Waals surface area contributed by atoms with Gasteiger partial charge in [0.2, 0.25) is 5.91 Å². The number of hydrogen-bond acceptors (Lipinski definition) is 7. The molecule has 0 saturated carbocycles. The van der Waals surface area contributed by atoms with Gasteiger partial charge in [-0.15, -0.1) is 0 Å². The summed E-state index contributed by atoms with van der Waals surface area (Å²) >= 11 is 5.99. The van der Waals surface area contributed by atoms with Gasteiger partial charge in [0.1, 0.15) is 6.54 Å². The highest BCUT2D eigenvalue weighted by Crippen LogP contribution is 2.23. The molecule has 0 bridgehead atoms. The molecule has 32 heavy (non-hydrogen) atoms. The van der Waals surface area contributed by atoms with Crippen molar-refractivity contribution < 1.29 is 13.2 Å². The zero-order valence-corrected chi connectivity index (χ0v) is 19.9. The summed E-state index contributed by atoms with van der Waals surface area (Å²) in [5.74, 6) is 0.401. The molecule has 0 radical (unpaired) electrons. The number of H-pyrrole nitrogens is 2. The van der Waals surface area contributed by atoms with Crippen molar-refractivity contribution in [3.8, 4) is 11.4 Å². The van der Waals surface area contributed by atoms with Crippen molar-refractivity contribution in [1.82, 2.24) is 29.0 Å². The van der Waals surface area contributed by atoms with Gasteiger partial charge in [-0.2, -0.15) is 9.40 Å². The molecule has 2 N–H and O–H groups in total. The van der Waals surface area contributed by atoms with Gasteiger partial charge in [-0.1, -0.05) is 41.2 Å². The first-order valence-corrected chi connectivity index (χ1v) is 12.5. The van der Waals surface area contributed by atoms with Crippen LogP contribution in [0.5, 0.6) is 0 Å². The number of rotatable bonds is 5. The van der Waals surface area contributed by atoms with Crippen LogP contribution in [0.15, 0.2) is 33.3 Å². The fourth-order valence-electron chi connectivity index (χ4n) is 3.55. The molecule has 1 fully saturated rings. The molecule has 0 atom stereocenters. The van der Waals surface area contributed by atoms with Crippen molar-refractivity contribution in [2.75, 3.05) is 26.2 Å². The molecule has 1 aliphatic rings. The van der Waals surface area contributed by atoms with E-state index >= 15 is 0 Å². The van der Waals surface area contributed by atoms with E-state index in [0.29, 0.717) is 27.6 Å². The highest BCUT2D eigenvalue weighted by Gasteiger charge is 2.32. The zero-order chi connectivity index (χ0) is 23.0. The second-order valence-electron chi connectivity index (χ2n) is 7.52. The van der Waals surface area contributed by atoms with Crippen LogP contribution in [0.2, 0.25) is 0 Å². The quantitative estimate of drug-likeness (QED) is 0.518. The van der Waals surface area contributed by atoms with E-state index in [1.165, 1.54) is 4.31 Å². The number of hydrogen-bond donors (Lipinski definition) is 2. The van der Waals surface area contributed by atoms with E-state index in [4.69, 9.17) is 12.2 Å². The number of sulfonamides is 1. The molecule has 0 aliphatic carbocycles. The summed E-state index contributed by atoms with van der Waals surface area (Å²) in [6.07, 6.45) is 0. The molecule has 1 saturated heterocycles. The minimum Gasteiger partial charge on any atom is -0.338 e. The molecule has 170 valence electrons. The average Bonchev–Trinajstić information content (AvgIpc) is 3.30. The Morgan fingerprint density at radius 1 is 1.16 bits per heavy atom. The normalized spacial score (nSPS) is 15.2. The largest absolute Gasteiger partial charge is 0.338 e. The fourth-order valence-corrected chi connectivity index (χ4v) is 6.61. The molecule has 0 unspecified atom stereocenters. The standard InChI is InChI=1S/C19H22N6O4S3/c1-12-3-5-14(6-4-12)16-21-22-18(30)25(16)11-15(26)23-7-9-24(10-8-23)32(28,29)17-13(2)20-19(27)31-17/h3-6H,7-11H2,1-2H3,(H,20,27)(H,22,30). The van der Waals surface area contributed by atoms with E-state index in [9.17, 15) is 18.0 Å². The molecular formula is C19H22N6O4S3. The molecule has 2 aromatic heterocycles. The molecule has 13 heteroatoms. The third-order valence-corrected chi connectivity index (χ3v) is 9.10. The molecule has 1 aromatic carbocycles. The summed E-state index contributed by atoms with van der Waals surface area (Å²) in [7, 11) is -3.78. The summed E-state index contributed by atoms with van der Waals surface area (Å²) in [6.45, 7) is 4.36. The first kappa shape index (κ1) is 22.6.